The molecule has 1 amide bonds. The van der Waals surface area contributed by atoms with Crippen molar-refractivity contribution in [1.82, 2.24) is 5.43 Å². The van der Waals surface area contributed by atoms with Gasteiger partial charge < -0.3 is 4.74 Å². The first-order valence-electron chi connectivity index (χ1n) is 7.22. The fourth-order valence-corrected chi connectivity index (χ4v) is 2.09. The van der Waals surface area contributed by atoms with E-state index in [4.69, 9.17) is 0 Å². The van der Waals surface area contributed by atoms with Gasteiger partial charge in [-0.3, -0.25) is 4.79 Å². The maximum atomic E-state index is 13.9. The quantitative estimate of drug-likeness (QED) is 0.378. The summed E-state index contributed by atoms with van der Waals surface area (Å²) in [6.45, 7) is 0. The smallest absolute Gasteiger partial charge is 0.417 e. The van der Waals surface area contributed by atoms with Crippen molar-refractivity contribution in [3.63, 3.8) is 0 Å². The molecule has 2 rings (SSSR count). The number of benzene rings is 2. The zero-order valence-corrected chi connectivity index (χ0v) is 13.6. The van der Waals surface area contributed by atoms with Crippen LogP contribution < -0.4 is 5.43 Å². The Hall–Kier alpha value is -3.30. The number of rotatable bonds is 4. The number of carbonyl (C=O) groups is 2. The Morgan fingerprint density at radius 2 is 1.70 bits per heavy atom. The largest absolute Gasteiger partial charge is 0.465 e. The number of nitrogens with zero attached hydrogens (tertiary/aromatic N) is 1. The highest BCUT2D eigenvalue weighted by Crippen LogP contribution is 2.31. The Labute approximate surface area is 149 Å². The summed E-state index contributed by atoms with van der Waals surface area (Å²) in [6, 6.07) is 5.35. The summed E-state index contributed by atoms with van der Waals surface area (Å²) < 4.78 is 70.7. The molecule has 0 saturated heterocycles. The Morgan fingerprint density at radius 1 is 1.11 bits per heavy atom. The van der Waals surface area contributed by atoms with Crippen LogP contribution in [0.5, 0.6) is 0 Å². The van der Waals surface area contributed by atoms with Gasteiger partial charge in [0.05, 0.1) is 35.6 Å². The molecule has 0 fully saturated rings. The molecular weight excluding hydrogens is 375 g/mol. The van der Waals surface area contributed by atoms with E-state index in [0.29, 0.717) is 24.4 Å². The Morgan fingerprint density at radius 3 is 2.26 bits per heavy atom. The summed E-state index contributed by atoms with van der Waals surface area (Å²) in [5.41, 5.74) is -1.20. The number of esters is 1. The molecule has 0 radical (unpaired) electrons. The van der Waals surface area contributed by atoms with Crippen molar-refractivity contribution in [2.45, 2.75) is 6.18 Å². The van der Waals surface area contributed by atoms with Crippen LogP contribution in [0, 0.1) is 11.6 Å². The molecule has 0 heterocycles. The molecule has 0 aliphatic carbocycles. The minimum atomic E-state index is -4.76. The number of nitrogens with one attached hydrogen (secondary N) is 1. The molecule has 0 aromatic heterocycles. The maximum absolute atomic E-state index is 13.9. The van der Waals surface area contributed by atoms with E-state index >= 15 is 0 Å². The lowest BCUT2D eigenvalue weighted by Gasteiger charge is -2.11. The Kier molecular flexibility index (Phi) is 5.88. The molecule has 0 spiro atoms. The average molecular weight is 386 g/mol. The van der Waals surface area contributed by atoms with Crippen LogP contribution in [0.4, 0.5) is 22.0 Å². The van der Waals surface area contributed by atoms with Gasteiger partial charge in [-0.15, -0.1) is 0 Å². The third-order valence-electron chi connectivity index (χ3n) is 3.34. The van der Waals surface area contributed by atoms with Crippen molar-refractivity contribution < 1.29 is 36.3 Å². The van der Waals surface area contributed by atoms with Crippen LogP contribution in [0.15, 0.2) is 41.5 Å². The molecule has 0 aliphatic rings. The molecule has 2 aromatic rings. The number of alkyl halides is 3. The van der Waals surface area contributed by atoms with Crippen LogP contribution in [0.25, 0.3) is 0 Å². The third-order valence-corrected chi connectivity index (χ3v) is 3.34. The standard InChI is InChI=1S/C17H11F5N2O3/c1-27-16(26)9-6-13(18)11(14(19)7-9)8-23-24-15(25)10-4-2-3-5-12(10)17(20,21)22/h2-8H,1H3,(H,24,25)/b23-8+. The summed E-state index contributed by atoms with van der Waals surface area (Å²) in [7, 11) is 1.03. The number of hydrogen-bond acceptors (Lipinski definition) is 4. The topological polar surface area (TPSA) is 67.8 Å². The molecule has 27 heavy (non-hydrogen) atoms. The fourth-order valence-electron chi connectivity index (χ4n) is 2.09. The average Bonchev–Trinajstić information content (AvgIpc) is 2.62. The normalized spacial score (nSPS) is 11.5. The first-order chi connectivity index (χ1) is 12.6. The van der Waals surface area contributed by atoms with E-state index in [9.17, 15) is 31.5 Å². The number of amides is 1. The van der Waals surface area contributed by atoms with Gasteiger partial charge in [-0.05, 0) is 24.3 Å². The fraction of sp³-hybridized carbons (Fsp3) is 0.118. The van der Waals surface area contributed by atoms with Gasteiger partial charge in [0.25, 0.3) is 5.91 Å². The van der Waals surface area contributed by atoms with Crippen molar-refractivity contribution in [1.29, 1.82) is 0 Å². The molecule has 0 atom stereocenters. The van der Waals surface area contributed by atoms with Crippen LogP contribution in [0.3, 0.4) is 0 Å². The van der Waals surface area contributed by atoms with Crippen molar-refractivity contribution >= 4 is 18.1 Å². The second-order valence-corrected chi connectivity index (χ2v) is 5.09. The summed E-state index contributed by atoms with van der Waals surface area (Å²) in [6.07, 6.45) is -4.20. The molecular formula is C17H11F5N2O3. The molecule has 0 unspecified atom stereocenters. The lowest BCUT2D eigenvalue weighted by Crippen LogP contribution is -2.22. The number of ether oxygens (including phenoxy) is 1. The number of hydrazone groups is 1. The minimum Gasteiger partial charge on any atom is -0.465 e. The number of methoxy groups -OCH3 is 1. The Balaban J connectivity index is 2.22. The van der Waals surface area contributed by atoms with E-state index in [0.717, 1.165) is 19.2 Å². The molecule has 0 saturated carbocycles. The molecule has 0 bridgehead atoms. The zero-order valence-electron chi connectivity index (χ0n) is 13.6. The second kappa shape index (κ2) is 7.94. The predicted octanol–water partition coefficient (Wildman–Crippen LogP) is 3.53. The van der Waals surface area contributed by atoms with Crippen molar-refractivity contribution in [3.05, 3.63) is 70.3 Å². The lowest BCUT2D eigenvalue weighted by molar-refractivity contribution is -0.137. The summed E-state index contributed by atoms with van der Waals surface area (Å²) in [5.74, 6) is -4.53. The molecule has 0 aliphatic heterocycles. The lowest BCUT2D eigenvalue weighted by atomic mass is 10.1. The van der Waals surface area contributed by atoms with Gasteiger partial charge in [0.1, 0.15) is 11.6 Å². The number of carbonyl (C=O) groups excluding carboxylic acids is 2. The van der Waals surface area contributed by atoms with Crippen molar-refractivity contribution in [3.8, 4) is 0 Å². The van der Waals surface area contributed by atoms with Gasteiger partial charge in [0, 0.05) is 0 Å². The van der Waals surface area contributed by atoms with E-state index in [1.165, 1.54) is 6.07 Å². The monoisotopic (exact) mass is 386 g/mol. The maximum Gasteiger partial charge on any atom is 0.417 e. The van der Waals surface area contributed by atoms with Crippen molar-refractivity contribution in [2.75, 3.05) is 7.11 Å². The van der Waals surface area contributed by atoms with E-state index in [1.54, 1.807) is 5.43 Å². The van der Waals surface area contributed by atoms with Gasteiger partial charge in [-0.25, -0.2) is 19.0 Å². The second-order valence-electron chi connectivity index (χ2n) is 5.09. The minimum absolute atomic E-state index is 0.382. The Bertz CT molecular complexity index is 887. The molecule has 10 heteroatoms. The van der Waals surface area contributed by atoms with Gasteiger partial charge in [0.15, 0.2) is 0 Å². The highest BCUT2D eigenvalue weighted by Gasteiger charge is 2.34. The molecule has 142 valence electrons. The SMILES string of the molecule is COC(=O)c1cc(F)c(/C=N/NC(=O)c2ccccc2C(F)(F)F)c(F)c1. The first-order valence-corrected chi connectivity index (χ1v) is 7.22. The van der Waals surface area contributed by atoms with Gasteiger partial charge in [0.2, 0.25) is 0 Å². The highest BCUT2D eigenvalue weighted by molar-refractivity contribution is 5.96. The van der Waals surface area contributed by atoms with E-state index in [2.05, 4.69) is 9.84 Å². The first kappa shape index (κ1) is 20.0. The van der Waals surface area contributed by atoms with E-state index < -0.39 is 46.4 Å². The van der Waals surface area contributed by atoms with Crippen LogP contribution in [0.2, 0.25) is 0 Å². The summed E-state index contributed by atoms with van der Waals surface area (Å²) in [4.78, 5) is 23.1. The van der Waals surface area contributed by atoms with Gasteiger partial charge in [-0.1, -0.05) is 12.1 Å². The van der Waals surface area contributed by atoms with Gasteiger partial charge in [-0.2, -0.15) is 18.3 Å². The zero-order chi connectivity index (χ0) is 20.2. The van der Waals surface area contributed by atoms with Crippen LogP contribution in [-0.4, -0.2) is 25.2 Å². The van der Waals surface area contributed by atoms with E-state index in [-0.39, 0.29) is 5.56 Å². The van der Waals surface area contributed by atoms with Crippen LogP contribution in [0.1, 0.15) is 31.8 Å². The summed E-state index contributed by atoms with van der Waals surface area (Å²) >= 11 is 0. The van der Waals surface area contributed by atoms with Crippen LogP contribution in [-0.2, 0) is 10.9 Å². The molecule has 5 nitrogen and oxygen atoms in total. The van der Waals surface area contributed by atoms with Crippen LogP contribution >= 0.6 is 0 Å². The third kappa shape index (κ3) is 4.66. The highest BCUT2D eigenvalue weighted by atomic mass is 19.4. The van der Waals surface area contributed by atoms with Crippen molar-refractivity contribution in [2.24, 2.45) is 5.10 Å². The van der Waals surface area contributed by atoms with E-state index in [1.807, 2.05) is 0 Å². The molecule has 1 N–H and O–H groups in total. The number of halogens is 5. The molecule has 2 aromatic carbocycles. The number of hydrogen-bond donors (Lipinski definition) is 1. The van der Waals surface area contributed by atoms with Gasteiger partial charge >= 0.3 is 12.1 Å². The summed E-state index contributed by atoms with van der Waals surface area (Å²) in [5, 5.41) is 3.27. The predicted molar refractivity (Wildman–Crippen MR) is 84.2 cm³/mol.